The molecule has 3 rings (SSSR count). The number of nitrogens with zero attached hydrogens (tertiary/aromatic N) is 2. The monoisotopic (exact) mass is 592 g/mol. The molecular formula is C32H56N4O6. The Morgan fingerprint density at radius 3 is 1.62 bits per heavy atom. The van der Waals surface area contributed by atoms with Crippen molar-refractivity contribution in [1.82, 2.24) is 20.9 Å². The zero-order chi connectivity index (χ0) is 31.9. The van der Waals surface area contributed by atoms with Crippen LogP contribution >= 0.6 is 0 Å². The van der Waals surface area contributed by atoms with E-state index in [2.05, 4.69) is 48.9 Å². The lowest BCUT2D eigenvalue weighted by Crippen LogP contribution is -2.61. The van der Waals surface area contributed by atoms with Gasteiger partial charge in [0.2, 0.25) is 0 Å². The lowest BCUT2D eigenvalue weighted by Gasteiger charge is -2.50. The van der Waals surface area contributed by atoms with Gasteiger partial charge in [0.25, 0.3) is 0 Å². The van der Waals surface area contributed by atoms with Crippen molar-refractivity contribution < 1.29 is 30.1 Å². The standard InChI is InChI=1S/C32H56N4O6/c1-27(2)17-24(18-28(3,4)35(27)38)41-26(34-37)31(9,10)22-13-15-23(16-14-22)32(11,12)33-21-40-42-25-19-29(5,6)36(39)30(7,8)20-25/h13-16,24-26,33-34,37H,17-21H2,1-12H3. The minimum atomic E-state index is -0.668. The molecule has 0 aromatic heterocycles. The van der Waals surface area contributed by atoms with E-state index in [4.69, 9.17) is 14.5 Å². The van der Waals surface area contributed by atoms with Gasteiger partial charge in [-0.15, -0.1) is 20.5 Å². The van der Waals surface area contributed by atoms with E-state index in [1.165, 1.54) is 10.1 Å². The number of benzene rings is 1. The largest absolute Gasteiger partial charge is 0.357 e. The molecule has 10 nitrogen and oxygen atoms in total. The van der Waals surface area contributed by atoms with Gasteiger partial charge in [0.05, 0.1) is 12.2 Å². The van der Waals surface area contributed by atoms with Gasteiger partial charge in [-0.3, -0.25) is 5.32 Å². The Morgan fingerprint density at radius 2 is 1.19 bits per heavy atom. The molecule has 0 aliphatic carbocycles. The summed E-state index contributed by atoms with van der Waals surface area (Å²) < 4.78 is 6.43. The van der Waals surface area contributed by atoms with E-state index >= 15 is 0 Å². The van der Waals surface area contributed by atoms with Crippen LogP contribution in [0, 0.1) is 0 Å². The maximum atomic E-state index is 12.8. The Morgan fingerprint density at radius 1 is 0.786 bits per heavy atom. The highest BCUT2D eigenvalue weighted by atomic mass is 17.2. The minimum Gasteiger partial charge on any atom is -0.357 e. The highest BCUT2D eigenvalue weighted by Gasteiger charge is 2.49. The molecule has 42 heavy (non-hydrogen) atoms. The van der Waals surface area contributed by atoms with Crippen LogP contribution in [0.4, 0.5) is 0 Å². The molecule has 0 saturated carbocycles. The average Bonchev–Trinajstić information content (AvgIpc) is 2.86. The van der Waals surface area contributed by atoms with Crippen molar-refractivity contribution in [3.05, 3.63) is 35.4 Å². The van der Waals surface area contributed by atoms with Crippen molar-refractivity contribution in [2.75, 3.05) is 6.73 Å². The van der Waals surface area contributed by atoms with Gasteiger partial charge in [0.15, 0.2) is 0 Å². The predicted octanol–water partition coefficient (Wildman–Crippen LogP) is 5.75. The van der Waals surface area contributed by atoms with E-state index in [1.54, 1.807) is 0 Å². The Balaban J connectivity index is 1.59. The first kappa shape index (κ1) is 35.3. The summed E-state index contributed by atoms with van der Waals surface area (Å²) in [4.78, 5) is 11.3. The van der Waals surface area contributed by atoms with Crippen LogP contribution in [0.15, 0.2) is 24.3 Å². The Labute approximate surface area is 253 Å². The molecule has 2 fully saturated rings. The first-order valence-corrected chi connectivity index (χ1v) is 15.2. The fourth-order valence-electron chi connectivity index (χ4n) is 6.97. The van der Waals surface area contributed by atoms with Crippen LogP contribution in [0.2, 0.25) is 0 Å². The Kier molecular flexibility index (Phi) is 10.3. The molecule has 1 unspecified atom stereocenters. The third kappa shape index (κ3) is 7.72. The lowest BCUT2D eigenvalue weighted by molar-refractivity contribution is -0.370. The third-order valence-electron chi connectivity index (χ3n) is 9.34. The van der Waals surface area contributed by atoms with Gasteiger partial charge in [-0.1, -0.05) is 38.1 Å². The van der Waals surface area contributed by atoms with Crippen LogP contribution in [-0.4, -0.2) is 62.7 Å². The zero-order valence-electron chi connectivity index (χ0n) is 28.0. The minimum absolute atomic E-state index is 0.160. The fraction of sp³-hybridized carbons (Fsp3) is 0.812. The maximum absolute atomic E-state index is 12.8. The molecule has 0 bridgehead atoms. The van der Waals surface area contributed by atoms with Crippen LogP contribution in [0.1, 0.15) is 120 Å². The highest BCUT2D eigenvalue weighted by molar-refractivity contribution is 5.32. The van der Waals surface area contributed by atoms with Gasteiger partial charge in [-0.2, -0.15) is 5.48 Å². The number of ether oxygens (including phenoxy) is 1. The first-order chi connectivity index (χ1) is 19.0. The number of hydrogen-bond donors (Lipinski definition) is 3. The van der Waals surface area contributed by atoms with Crippen molar-refractivity contribution in [1.29, 1.82) is 0 Å². The molecule has 2 radical (unpaired) electrons. The molecule has 1 aromatic rings. The summed E-state index contributed by atoms with van der Waals surface area (Å²) in [6, 6.07) is 8.24. The van der Waals surface area contributed by atoms with E-state index in [0.29, 0.717) is 25.7 Å². The smallest absolute Gasteiger partial charge is 0.139 e. The van der Waals surface area contributed by atoms with Crippen molar-refractivity contribution in [2.24, 2.45) is 0 Å². The molecular weight excluding hydrogens is 536 g/mol. The van der Waals surface area contributed by atoms with E-state index in [-0.39, 0.29) is 18.9 Å². The molecule has 3 N–H and O–H groups in total. The SMILES string of the molecule is CC(C)(NCOOC1CC(C)(C)N([O])C(C)(C)C1)c1ccc(C(C)(C)C(NO)OC2CC(C)(C)N([O])C(C)(C)C2)cc1. The number of rotatable bonds is 11. The normalized spacial score (nSPS) is 24.5. The van der Waals surface area contributed by atoms with Gasteiger partial charge in [0, 0.05) is 33.1 Å². The summed E-state index contributed by atoms with van der Waals surface area (Å²) >= 11 is 0. The van der Waals surface area contributed by atoms with Gasteiger partial charge in [0.1, 0.15) is 13.0 Å². The van der Waals surface area contributed by atoms with Crippen molar-refractivity contribution >= 4 is 0 Å². The molecule has 0 spiro atoms. The number of nitrogens with one attached hydrogen (secondary N) is 2. The molecule has 1 atom stereocenters. The van der Waals surface area contributed by atoms with Crippen LogP contribution in [0.25, 0.3) is 0 Å². The summed E-state index contributed by atoms with van der Waals surface area (Å²) in [5.41, 5.74) is 1.33. The molecule has 240 valence electrons. The topological polar surface area (TPSA) is 118 Å². The van der Waals surface area contributed by atoms with E-state index in [9.17, 15) is 15.6 Å². The van der Waals surface area contributed by atoms with E-state index in [1.807, 2.05) is 69.2 Å². The number of piperidine rings is 2. The second-order valence-corrected chi connectivity index (χ2v) is 16.0. The van der Waals surface area contributed by atoms with E-state index < -0.39 is 39.3 Å². The summed E-state index contributed by atoms with van der Waals surface area (Å²) in [5, 5.41) is 41.3. The summed E-state index contributed by atoms with van der Waals surface area (Å²) in [6.07, 6.45) is 1.34. The van der Waals surface area contributed by atoms with E-state index in [0.717, 1.165) is 11.1 Å². The van der Waals surface area contributed by atoms with Crippen molar-refractivity contribution in [2.45, 2.75) is 160 Å². The van der Waals surface area contributed by atoms with Crippen LogP contribution in [-0.2, 0) is 35.9 Å². The average molecular weight is 593 g/mol. The first-order valence-electron chi connectivity index (χ1n) is 15.2. The molecule has 2 aliphatic rings. The van der Waals surface area contributed by atoms with Crippen molar-refractivity contribution in [3.8, 4) is 0 Å². The molecule has 2 saturated heterocycles. The highest BCUT2D eigenvalue weighted by Crippen LogP contribution is 2.41. The molecule has 2 aliphatic heterocycles. The molecule has 10 heteroatoms. The number of hydroxylamine groups is 5. The molecule has 0 amide bonds. The maximum Gasteiger partial charge on any atom is 0.139 e. The van der Waals surface area contributed by atoms with Gasteiger partial charge >= 0.3 is 0 Å². The van der Waals surface area contributed by atoms with Crippen LogP contribution < -0.4 is 10.8 Å². The predicted molar refractivity (Wildman–Crippen MR) is 160 cm³/mol. The Hall–Kier alpha value is -1.18. The summed E-state index contributed by atoms with van der Waals surface area (Å²) in [6.45, 7) is 23.9. The molecule has 1 aromatic carbocycles. The second-order valence-electron chi connectivity index (χ2n) is 16.0. The van der Waals surface area contributed by atoms with Crippen LogP contribution in [0.3, 0.4) is 0 Å². The Bertz CT molecular complexity index is 1000. The second kappa shape index (κ2) is 12.3. The van der Waals surface area contributed by atoms with Crippen LogP contribution in [0.5, 0.6) is 0 Å². The quantitative estimate of drug-likeness (QED) is 0.129. The fourth-order valence-corrected chi connectivity index (χ4v) is 6.97. The zero-order valence-corrected chi connectivity index (χ0v) is 28.0. The third-order valence-corrected chi connectivity index (χ3v) is 9.34. The van der Waals surface area contributed by atoms with Gasteiger partial charge < -0.3 is 9.94 Å². The summed E-state index contributed by atoms with van der Waals surface area (Å²) in [7, 11) is 0. The van der Waals surface area contributed by atoms with Gasteiger partial charge in [-0.05, 0) is 106 Å². The molecule has 2 heterocycles. The summed E-state index contributed by atoms with van der Waals surface area (Å²) in [5.74, 6) is 0. The number of hydrogen-bond acceptors (Lipinski definition) is 8. The lowest BCUT2D eigenvalue weighted by atomic mass is 9.79. The van der Waals surface area contributed by atoms with Gasteiger partial charge in [-0.25, -0.2) is 9.78 Å². The van der Waals surface area contributed by atoms with Crippen molar-refractivity contribution in [3.63, 3.8) is 0 Å².